The summed E-state index contributed by atoms with van der Waals surface area (Å²) in [7, 11) is 0. The van der Waals surface area contributed by atoms with Gasteiger partial charge < -0.3 is 10.2 Å². The van der Waals surface area contributed by atoms with E-state index < -0.39 is 0 Å². The minimum Gasteiger partial charge on any atom is -0.369 e. The van der Waals surface area contributed by atoms with E-state index in [1.165, 1.54) is 11.8 Å². The first-order chi connectivity index (χ1) is 12.6. The standard InChI is InChI=1S/C19H22N4OS2/c1-4-23(13(2)3)15-7-5-14(6-8-15)22-17(24)11-26-19-18-16(9-10-25-18)20-12-21-19/h5-10,12-13H,4,11H2,1-3H3,(H,22,24). The molecule has 26 heavy (non-hydrogen) atoms. The third-order valence-corrected chi connectivity index (χ3v) is 6.03. The lowest BCUT2D eigenvalue weighted by Gasteiger charge is -2.27. The van der Waals surface area contributed by atoms with E-state index in [1.54, 1.807) is 17.7 Å². The molecule has 0 bridgehead atoms. The summed E-state index contributed by atoms with van der Waals surface area (Å²) >= 11 is 3.03. The van der Waals surface area contributed by atoms with Gasteiger partial charge in [-0.1, -0.05) is 11.8 Å². The highest BCUT2D eigenvalue weighted by Gasteiger charge is 2.11. The average Bonchev–Trinajstić information content (AvgIpc) is 3.11. The van der Waals surface area contributed by atoms with E-state index in [2.05, 4.69) is 41.0 Å². The molecule has 1 amide bonds. The number of hydrogen-bond acceptors (Lipinski definition) is 6. The maximum atomic E-state index is 12.3. The zero-order chi connectivity index (χ0) is 18.5. The first kappa shape index (κ1) is 18.7. The van der Waals surface area contributed by atoms with Crippen molar-refractivity contribution in [1.29, 1.82) is 0 Å². The molecule has 0 aliphatic heterocycles. The van der Waals surface area contributed by atoms with Crippen molar-refractivity contribution in [3.05, 3.63) is 42.0 Å². The number of aromatic nitrogens is 2. The lowest BCUT2D eigenvalue weighted by Crippen LogP contribution is -2.30. The number of thioether (sulfide) groups is 1. The van der Waals surface area contributed by atoms with Gasteiger partial charge in [-0.05, 0) is 56.5 Å². The molecule has 0 unspecified atom stereocenters. The van der Waals surface area contributed by atoms with Crippen LogP contribution in [0.3, 0.4) is 0 Å². The molecule has 7 heteroatoms. The quantitative estimate of drug-likeness (QED) is 0.473. The van der Waals surface area contributed by atoms with Crippen LogP contribution in [0.1, 0.15) is 20.8 Å². The fourth-order valence-electron chi connectivity index (χ4n) is 2.78. The molecule has 0 fully saturated rings. The van der Waals surface area contributed by atoms with E-state index in [4.69, 9.17) is 0 Å². The summed E-state index contributed by atoms with van der Waals surface area (Å²) < 4.78 is 1.03. The minimum absolute atomic E-state index is 0.0396. The predicted octanol–water partition coefficient (Wildman–Crippen LogP) is 4.66. The number of thiophene rings is 1. The summed E-state index contributed by atoms with van der Waals surface area (Å²) in [4.78, 5) is 23.1. The number of rotatable bonds is 7. The summed E-state index contributed by atoms with van der Waals surface area (Å²) in [5.41, 5.74) is 2.90. The van der Waals surface area contributed by atoms with Crippen LogP contribution in [0.4, 0.5) is 11.4 Å². The zero-order valence-electron chi connectivity index (χ0n) is 15.1. The van der Waals surface area contributed by atoms with Crippen molar-refractivity contribution in [2.75, 3.05) is 22.5 Å². The summed E-state index contributed by atoms with van der Waals surface area (Å²) in [6.45, 7) is 7.45. The molecule has 2 aromatic heterocycles. The van der Waals surface area contributed by atoms with Crippen LogP contribution in [-0.2, 0) is 4.79 Å². The third kappa shape index (κ3) is 4.34. The molecule has 0 saturated heterocycles. The molecule has 0 radical (unpaired) electrons. The molecule has 5 nitrogen and oxygen atoms in total. The molecular formula is C19H22N4OS2. The average molecular weight is 387 g/mol. The van der Waals surface area contributed by atoms with Gasteiger partial charge >= 0.3 is 0 Å². The molecule has 0 aliphatic carbocycles. The van der Waals surface area contributed by atoms with Crippen molar-refractivity contribution in [3.8, 4) is 0 Å². The van der Waals surface area contributed by atoms with Crippen molar-refractivity contribution in [1.82, 2.24) is 9.97 Å². The zero-order valence-corrected chi connectivity index (χ0v) is 16.7. The Morgan fingerprint density at radius 3 is 2.69 bits per heavy atom. The highest BCUT2D eigenvalue weighted by atomic mass is 32.2. The van der Waals surface area contributed by atoms with Gasteiger partial charge in [0, 0.05) is 24.0 Å². The number of nitrogens with zero attached hydrogens (tertiary/aromatic N) is 3. The molecule has 1 N–H and O–H groups in total. The Morgan fingerprint density at radius 2 is 2.00 bits per heavy atom. The van der Waals surface area contributed by atoms with E-state index in [0.717, 1.165) is 33.2 Å². The molecule has 3 rings (SSSR count). The molecule has 136 valence electrons. The van der Waals surface area contributed by atoms with E-state index >= 15 is 0 Å². The molecule has 2 heterocycles. The van der Waals surface area contributed by atoms with Crippen molar-refractivity contribution in [2.45, 2.75) is 31.8 Å². The highest BCUT2D eigenvalue weighted by Crippen LogP contribution is 2.28. The lowest BCUT2D eigenvalue weighted by molar-refractivity contribution is -0.113. The number of hydrogen-bond donors (Lipinski definition) is 1. The first-order valence-corrected chi connectivity index (χ1v) is 10.4. The Hall–Kier alpha value is -2.12. The number of carbonyl (C=O) groups is 1. The van der Waals surface area contributed by atoms with Crippen LogP contribution in [0.25, 0.3) is 10.2 Å². The summed E-state index contributed by atoms with van der Waals surface area (Å²) in [5.74, 6) is 0.279. The number of anilines is 2. The second-order valence-corrected chi connectivity index (χ2v) is 7.96. The van der Waals surface area contributed by atoms with E-state index in [1.807, 2.05) is 35.7 Å². The molecule has 0 atom stereocenters. The van der Waals surface area contributed by atoms with Crippen LogP contribution >= 0.6 is 23.1 Å². The minimum atomic E-state index is -0.0396. The predicted molar refractivity (Wildman–Crippen MR) is 111 cm³/mol. The lowest BCUT2D eigenvalue weighted by atomic mass is 10.2. The number of amides is 1. The highest BCUT2D eigenvalue weighted by molar-refractivity contribution is 8.00. The fourth-order valence-corrected chi connectivity index (χ4v) is 4.53. The smallest absolute Gasteiger partial charge is 0.234 e. The van der Waals surface area contributed by atoms with Gasteiger partial charge in [0.05, 0.1) is 16.0 Å². The Bertz CT molecular complexity index is 877. The molecule has 3 aromatic rings. The van der Waals surface area contributed by atoms with Crippen LogP contribution in [0, 0.1) is 0 Å². The maximum Gasteiger partial charge on any atom is 0.234 e. The van der Waals surface area contributed by atoms with Crippen LogP contribution in [0.2, 0.25) is 0 Å². The Kier molecular flexibility index (Phi) is 6.11. The second kappa shape index (κ2) is 8.51. The Morgan fingerprint density at radius 1 is 1.23 bits per heavy atom. The third-order valence-electron chi connectivity index (χ3n) is 4.00. The molecule has 1 aromatic carbocycles. The van der Waals surface area contributed by atoms with Crippen LogP contribution in [0.15, 0.2) is 47.1 Å². The van der Waals surface area contributed by atoms with E-state index in [-0.39, 0.29) is 5.91 Å². The van der Waals surface area contributed by atoms with Crippen LogP contribution in [-0.4, -0.2) is 34.2 Å². The second-order valence-electron chi connectivity index (χ2n) is 6.08. The SMILES string of the molecule is CCN(c1ccc(NC(=O)CSc2ncnc3ccsc23)cc1)C(C)C. The number of nitrogens with one attached hydrogen (secondary N) is 1. The summed E-state index contributed by atoms with van der Waals surface area (Å²) in [6.07, 6.45) is 1.54. The topological polar surface area (TPSA) is 58.1 Å². The Balaban J connectivity index is 1.59. The molecule has 0 aliphatic rings. The normalized spacial score (nSPS) is 11.1. The van der Waals surface area contributed by atoms with Crippen molar-refractivity contribution in [3.63, 3.8) is 0 Å². The van der Waals surface area contributed by atoms with Gasteiger partial charge in [0.25, 0.3) is 0 Å². The van der Waals surface area contributed by atoms with Crippen molar-refractivity contribution in [2.24, 2.45) is 0 Å². The fraction of sp³-hybridized carbons (Fsp3) is 0.316. The monoisotopic (exact) mass is 386 g/mol. The van der Waals surface area contributed by atoms with Gasteiger partial charge in [-0.3, -0.25) is 4.79 Å². The van der Waals surface area contributed by atoms with Gasteiger partial charge in [0.1, 0.15) is 11.4 Å². The van der Waals surface area contributed by atoms with Gasteiger partial charge in [0.15, 0.2) is 0 Å². The van der Waals surface area contributed by atoms with Crippen LogP contribution in [0.5, 0.6) is 0 Å². The Labute approximate surface area is 161 Å². The van der Waals surface area contributed by atoms with Crippen molar-refractivity contribution >= 4 is 50.6 Å². The van der Waals surface area contributed by atoms with Gasteiger partial charge in [-0.2, -0.15) is 0 Å². The molecular weight excluding hydrogens is 364 g/mol. The van der Waals surface area contributed by atoms with Gasteiger partial charge in [0.2, 0.25) is 5.91 Å². The summed E-state index contributed by atoms with van der Waals surface area (Å²) in [5, 5.41) is 5.79. The maximum absolute atomic E-state index is 12.3. The molecule has 0 spiro atoms. The number of carbonyl (C=O) groups excluding carboxylic acids is 1. The number of benzene rings is 1. The summed E-state index contributed by atoms with van der Waals surface area (Å²) in [6, 6.07) is 10.4. The van der Waals surface area contributed by atoms with Crippen LogP contribution < -0.4 is 10.2 Å². The number of fused-ring (bicyclic) bond motifs is 1. The van der Waals surface area contributed by atoms with Crippen molar-refractivity contribution < 1.29 is 4.79 Å². The largest absolute Gasteiger partial charge is 0.369 e. The van der Waals surface area contributed by atoms with Gasteiger partial charge in [-0.25, -0.2) is 9.97 Å². The molecule has 0 saturated carbocycles. The van der Waals surface area contributed by atoms with Gasteiger partial charge in [-0.15, -0.1) is 11.3 Å². The van der Waals surface area contributed by atoms with E-state index in [9.17, 15) is 4.79 Å². The first-order valence-electron chi connectivity index (χ1n) is 8.56. The van der Waals surface area contributed by atoms with E-state index in [0.29, 0.717) is 11.8 Å².